The summed E-state index contributed by atoms with van der Waals surface area (Å²) in [6.45, 7) is 2.08. The van der Waals surface area contributed by atoms with Gasteiger partial charge in [0.1, 0.15) is 0 Å². The highest BCUT2D eigenvalue weighted by molar-refractivity contribution is 5.95. The summed E-state index contributed by atoms with van der Waals surface area (Å²) in [5.41, 5.74) is 0.385. The number of unbranched alkanes of at least 4 members (excludes halogenated alkanes) is 8. The number of benzene rings is 1. The van der Waals surface area contributed by atoms with Crippen LogP contribution in [0.15, 0.2) is 12.1 Å². The van der Waals surface area contributed by atoms with E-state index in [9.17, 15) is 14.4 Å². The number of carboxylic acid groups (broad SMARTS) is 1. The molecule has 0 aliphatic rings. The number of likely N-dealkylation sites (N-methyl/N-ethyl adjacent to an activating group) is 1. The van der Waals surface area contributed by atoms with E-state index < -0.39 is 12.0 Å². The van der Waals surface area contributed by atoms with Gasteiger partial charge in [0.2, 0.25) is 11.7 Å². The Bertz CT molecular complexity index is 1120. The van der Waals surface area contributed by atoms with Gasteiger partial charge in [-0.1, -0.05) is 0 Å². The molecule has 0 aliphatic carbocycles. The number of amides is 2. The van der Waals surface area contributed by atoms with Crippen LogP contribution in [0.1, 0.15) is 93.8 Å². The van der Waals surface area contributed by atoms with Gasteiger partial charge in [0.15, 0.2) is 11.5 Å². The summed E-state index contributed by atoms with van der Waals surface area (Å²) in [7, 11) is 1.55. The smallest absolute Gasteiger partial charge is 0.305 e. The topological polar surface area (TPSA) is 135 Å². The van der Waals surface area contributed by atoms with E-state index in [2.05, 4.69) is 33.7 Å². The molecule has 0 aromatic heterocycles. The molecule has 0 bridgehead atoms. The van der Waals surface area contributed by atoms with Crippen LogP contribution in [0.5, 0.6) is 17.2 Å². The van der Waals surface area contributed by atoms with E-state index in [-0.39, 0.29) is 18.2 Å². The molecule has 0 unspecified atom stereocenters. The molecule has 2 amide bonds. The molecule has 0 radical (unpaired) electrons. The molecule has 4 N–H and O–H groups in total. The van der Waals surface area contributed by atoms with Crippen molar-refractivity contribution in [3.05, 3.63) is 17.7 Å². The normalized spacial score (nSPS) is 10.9. The summed E-state index contributed by atoms with van der Waals surface area (Å²) >= 11 is 0. The van der Waals surface area contributed by atoms with Gasteiger partial charge in [-0.05, 0) is 77.0 Å². The second kappa shape index (κ2) is 25.0. The molecule has 10 heteroatoms. The second-order valence-electron chi connectivity index (χ2n) is 10.4. The first kappa shape index (κ1) is 38.7. The predicted octanol–water partition coefficient (Wildman–Crippen LogP) is 4.31. The zero-order valence-corrected chi connectivity index (χ0v) is 26.6. The summed E-state index contributed by atoms with van der Waals surface area (Å²) in [6, 6.07) is 2.56. The standard InChI is InChI=1S/C35H49N3O7/c1-5-8-11-17-22-43-30-25-28(26-31(44-23-18-12-9-6-2)33(30)45-24-19-13-10-7-3)34(41)37-20-15-14-16-21-38-35(42)29(36-4)27-32(39)40/h1-3,25-26,29,36H,8-24,27H2,4H3,(H,37,41)(H,38,42)(H,39,40)/t29-/m0/s1. The Balaban J connectivity index is 2.86. The van der Waals surface area contributed by atoms with Gasteiger partial charge in [0, 0.05) is 37.9 Å². The Labute approximate surface area is 268 Å². The lowest BCUT2D eigenvalue weighted by molar-refractivity contribution is -0.139. The number of hydrogen-bond donors (Lipinski definition) is 4. The van der Waals surface area contributed by atoms with E-state index in [0.29, 0.717) is 87.8 Å². The number of carbonyl (C=O) groups excluding carboxylic acids is 2. The van der Waals surface area contributed by atoms with Gasteiger partial charge in [-0.15, -0.1) is 37.0 Å². The van der Waals surface area contributed by atoms with Crippen molar-refractivity contribution in [2.75, 3.05) is 40.0 Å². The number of ether oxygens (including phenoxy) is 3. The zero-order valence-electron chi connectivity index (χ0n) is 26.6. The maximum absolute atomic E-state index is 13.2. The average molecular weight is 624 g/mol. The van der Waals surface area contributed by atoms with E-state index in [0.717, 1.165) is 44.9 Å². The number of terminal acetylenes is 3. The van der Waals surface area contributed by atoms with Gasteiger partial charge in [0.25, 0.3) is 5.91 Å². The molecule has 0 spiro atoms. The highest BCUT2D eigenvalue weighted by atomic mass is 16.5. The second-order valence-corrected chi connectivity index (χ2v) is 10.4. The van der Waals surface area contributed by atoms with Crippen molar-refractivity contribution in [1.82, 2.24) is 16.0 Å². The summed E-state index contributed by atoms with van der Waals surface area (Å²) < 4.78 is 18.3. The van der Waals surface area contributed by atoms with Crippen molar-refractivity contribution in [3.63, 3.8) is 0 Å². The molecular formula is C35H49N3O7. The highest BCUT2D eigenvalue weighted by Crippen LogP contribution is 2.39. The minimum absolute atomic E-state index is 0.274. The van der Waals surface area contributed by atoms with Crippen LogP contribution in [0.3, 0.4) is 0 Å². The van der Waals surface area contributed by atoms with Crippen LogP contribution >= 0.6 is 0 Å². The van der Waals surface area contributed by atoms with Gasteiger partial charge < -0.3 is 35.3 Å². The molecule has 1 atom stereocenters. The molecule has 1 rings (SSSR count). The highest BCUT2D eigenvalue weighted by Gasteiger charge is 2.20. The van der Waals surface area contributed by atoms with Crippen LogP contribution in [-0.2, 0) is 9.59 Å². The van der Waals surface area contributed by atoms with E-state index in [4.69, 9.17) is 38.6 Å². The van der Waals surface area contributed by atoms with E-state index in [1.807, 2.05) is 0 Å². The average Bonchev–Trinajstić information content (AvgIpc) is 3.03. The van der Waals surface area contributed by atoms with E-state index in [1.54, 1.807) is 19.2 Å². The van der Waals surface area contributed by atoms with Crippen LogP contribution in [0, 0.1) is 37.0 Å². The van der Waals surface area contributed by atoms with Crippen LogP contribution in [0.25, 0.3) is 0 Å². The van der Waals surface area contributed by atoms with Crippen LogP contribution < -0.4 is 30.2 Å². The van der Waals surface area contributed by atoms with Crippen molar-refractivity contribution >= 4 is 17.8 Å². The van der Waals surface area contributed by atoms with Crippen molar-refractivity contribution in [2.24, 2.45) is 0 Å². The third-order valence-corrected chi connectivity index (χ3v) is 6.67. The lowest BCUT2D eigenvalue weighted by Crippen LogP contribution is -2.44. The van der Waals surface area contributed by atoms with Gasteiger partial charge in [-0.2, -0.15) is 0 Å². The zero-order chi connectivity index (χ0) is 33.1. The van der Waals surface area contributed by atoms with E-state index >= 15 is 0 Å². The summed E-state index contributed by atoms with van der Waals surface area (Å²) in [5, 5.41) is 17.3. The van der Waals surface area contributed by atoms with Crippen molar-refractivity contribution in [1.29, 1.82) is 0 Å². The van der Waals surface area contributed by atoms with Crippen LogP contribution in [0.4, 0.5) is 0 Å². The number of rotatable bonds is 26. The SMILES string of the molecule is C#CCCCCOc1cc(C(=O)NCCCCCNC(=O)[C@H](CC(=O)O)NC)cc(OCCCCC#C)c1OCCCCC#C. The summed E-state index contributed by atoms with van der Waals surface area (Å²) in [4.78, 5) is 36.1. The molecule has 0 aliphatic heterocycles. The first-order valence-corrected chi connectivity index (χ1v) is 15.7. The number of carbonyl (C=O) groups is 3. The quantitative estimate of drug-likeness (QED) is 0.0886. The lowest BCUT2D eigenvalue weighted by atomic mass is 10.1. The lowest BCUT2D eigenvalue weighted by Gasteiger charge is -2.19. The Morgan fingerprint density at radius 2 is 1.22 bits per heavy atom. The fraction of sp³-hybridized carbons (Fsp3) is 0.571. The summed E-state index contributed by atoms with van der Waals surface area (Å²) in [5.74, 6) is 7.52. The molecule has 1 aromatic rings. The first-order valence-electron chi connectivity index (χ1n) is 15.7. The Hall–Kier alpha value is -4.33. The maximum atomic E-state index is 13.2. The molecule has 0 saturated carbocycles. The predicted molar refractivity (Wildman–Crippen MR) is 175 cm³/mol. The van der Waals surface area contributed by atoms with Crippen molar-refractivity contribution in [2.45, 2.75) is 89.5 Å². The van der Waals surface area contributed by atoms with Crippen molar-refractivity contribution in [3.8, 4) is 54.3 Å². The van der Waals surface area contributed by atoms with Gasteiger partial charge in [-0.3, -0.25) is 14.4 Å². The van der Waals surface area contributed by atoms with Crippen LogP contribution in [-0.4, -0.2) is 68.9 Å². The minimum atomic E-state index is -1.05. The third-order valence-electron chi connectivity index (χ3n) is 6.67. The van der Waals surface area contributed by atoms with Gasteiger partial charge >= 0.3 is 5.97 Å². The molecule has 45 heavy (non-hydrogen) atoms. The van der Waals surface area contributed by atoms with Crippen molar-refractivity contribution < 1.29 is 33.7 Å². The number of nitrogens with one attached hydrogen (secondary N) is 3. The third kappa shape index (κ3) is 17.5. The van der Waals surface area contributed by atoms with Gasteiger partial charge in [0.05, 0.1) is 32.3 Å². The number of aliphatic carboxylic acids is 1. The monoisotopic (exact) mass is 623 g/mol. The maximum Gasteiger partial charge on any atom is 0.305 e. The Morgan fingerprint density at radius 1 is 0.733 bits per heavy atom. The Kier molecular flexibility index (Phi) is 21.5. The minimum Gasteiger partial charge on any atom is -0.490 e. The molecule has 246 valence electrons. The fourth-order valence-corrected chi connectivity index (χ4v) is 4.16. The van der Waals surface area contributed by atoms with E-state index in [1.165, 1.54) is 0 Å². The molecular weight excluding hydrogens is 574 g/mol. The molecule has 1 aromatic carbocycles. The van der Waals surface area contributed by atoms with Gasteiger partial charge in [-0.25, -0.2) is 0 Å². The Morgan fingerprint density at radius 3 is 1.69 bits per heavy atom. The molecule has 0 fully saturated rings. The van der Waals surface area contributed by atoms with Crippen LogP contribution in [0.2, 0.25) is 0 Å². The first-order chi connectivity index (χ1) is 21.9. The molecule has 0 saturated heterocycles. The summed E-state index contributed by atoms with van der Waals surface area (Å²) in [6.07, 6.45) is 24.7. The molecule has 10 nitrogen and oxygen atoms in total. The molecule has 0 heterocycles. The number of hydrogen-bond acceptors (Lipinski definition) is 7. The fourth-order valence-electron chi connectivity index (χ4n) is 4.16. The number of carboxylic acids is 1. The largest absolute Gasteiger partial charge is 0.490 e.